The van der Waals surface area contributed by atoms with Gasteiger partial charge in [-0.3, -0.25) is 4.98 Å². The van der Waals surface area contributed by atoms with Crippen LogP contribution in [0.15, 0.2) is 35.1 Å². The van der Waals surface area contributed by atoms with Gasteiger partial charge >= 0.3 is 0 Å². The van der Waals surface area contributed by atoms with Crippen LogP contribution in [-0.4, -0.2) is 9.97 Å². The van der Waals surface area contributed by atoms with Gasteiger partial charge in [-0.15, -0.1) is 0 Å². The second-order valence-electron chi connectivity index (χ2n) is 3.19. The van der Waals surface area contributed by atoms with Crippen LogP contribution in [0.25, 0.3) is 0 Å². The molecule has 0 saturated carbocycles. The number of rotatable bonds is 3. The van der Waals surface area contributed by atoms with E-state index in [4.69, 9.17) is 22.1 Å². The third kappa shape index (κ3) is 2.94. The third-order valence-corrected chi connectivity index (χ3v) is 2.82. The Morgan fingerprint density at radius 1 is 1.29 bits per heavy atom. The Balaban J connectivity index is 2.31. The van der Waals surface area contributed by atoms with Crippen molar-refractivity contribution in [1.29, 1.82) is 0 Å². The van der Waals surface area contributed by atoms with E-state index in [1.807, 2.05) is 6.07 Å². The van der Waals surface area contributed by atoms with E-state index in [0.29, 0.717) is 22.3 Å². The summed E-state index contributed by atoms with van der Waals surface area (Å²) in [5.74, 6) is 0.893. The van der Waals surface area contributed by atoms with Crippen molar-refractivity contribution in [2.45, 2.75) is 6.54 Å². The average Bonchev–Trinajstić information content (AvgIpc) is 2.33. The quantitative estimate of drug-likeness (QED) is 0.945. The van der Waals surface area contributed by atoms with E-state index in [1.165, 1.54) is 0 Å². The molecule has 0 radical (unpaired) electrons. The third-order valence-electron chi connectivity index (χ3n) is 2.03. The van der Waals surface area contributed by atoms with Crippen molar-refractivity contribution in [2.75, 3.05) is 0 Å². The van der Waals surface area contributed by atoms with Crippen LogP contribution in [0.5, 0.6) is 11.6 Å². The highest BCUT2D eigenvalue weighted by molar-refractivity contribution is 9.10. The zero-order valence-electron chi connectivity index (χ0n) is 8.73. The number of ether oxygens (including phenoxy) is 1. The van der Waals surface area contributed by atoms with Crippen molar-refractivity contribution in [3.8, 4) is 11.6 Å². The highest BCUT2D eigenvalue weighted by Crippen LogP contribution is 2.31. The van der Waals surface area contributed by atoms with Gasteiger partial charge in [-0.25, -0.2) is 4.98 Å². The summed E-state index contributed by atoms with van der Waals surface area (Å²) in [7, 11) is 0. The molecule has 0 unspecified atom stereocenters. The summed E-state index contributed by atoms with van der Waals surface area (Å²) < 4.78 is 6.46. The Labute approximate surface area is 112 Å². The van der Waals surface area contributed by atoms with Gasteiger partial charge < -0.3 is 10.5 Å². The first kappa shape index (κ1) is 12.3. The molecule has 0 aliphatic carbocycles. The van der Waals surface area contributed by atoms with Crippen molar-refractivity contribution < 1.29 is 4.74 Å². The van der Waals surface area contributed by atoms with Crippen molar-refractivity contribution in [2.24, 2.45) is 5.73 Å². The summed E-state index contributed by atoms with van der Waals surface area (Å²) in [4.78, 5) is 8.15. The molecule has 17 heavy (non-hydrogen) atoms. The van der Waals surface area contributed by atoms with Gasteiger partial charge in [0.15, 0.2) is 0 Å². The lowest BCUT2D eigenvalue weighted by atomic mass is 10.3. The molecule has 0 saturated heterocycles. The first-order valence-electron chi connectivity index (χ1n) is 4.83. The highest BCUT2D eigenvalue weighted by atomic mass is 79.9. The second kappa shape index (κ2) is 5.44. The fourth-order valence-electron chi connectivity index (χ4n) is 1.24. The predicted molar refractivity (Wildman–Crippen MR) is 69.1 cm³/mol. The smallest absolute Gasteiger partial charge is 0.242 e. The molecule has 0 fully saturated rings. The van der Waals surface area contributed by atoms with E-state index in [2.05, 4.69) is 25.9 Å². The van der Waals surface area contributed by atoms with E-state index >= 15 is 0 Å². The first-order chi connectivity index (χ1) is 8.20. The van der Waals surface area contributed by atoms with Gasteiger partial charge in [-0.1, -0.05) is 27.5 Å². The summed E-state index contributed by atoms with van der Waals surface area (Å²) in [6.07, 6.45) is 3.11. The monoisotopic (exact) mass is 313 g/mol. The number of hydrogen-bond acceptors (Lipinski definition) is 4. The molecule has 0 atom stereocenters. The normalized spacial score (nSPS) is 10.3. The molecule has 2 N–H and O–H groups in total. The van der Waals surface area contributed by atoms with Gasteiger partial charge in [0, 0.05) is 23.4 Å². The van der Waals surface area contributed by atoms with Crippen LogP contribution in [0.2, 0.25) is 5.02 Å². The number of benzene rings is 1. The van der Waals surface area contributed by atoms with Crippen LogP contribution in [0.1, 0.15) is 5.69 Å². The van der Waals surface area contributed by atoms with Gasteiger partial charge in [-0.05, 0) is 18.2 Å². The molecule has 1 aromatic carbocycles. The van der Waals surface area contributed by atoms with Crippen LogP contribution in [-0.2, 0) is 6.54 Å². The molecule has 6 heteroatoms. The molecule has 0 aliphatic rings. The van der Waals surface area contributed by atoms with Gasteiger partial charge in [0.1, 0.15) is 11.4 Å². The van der Waals surface area contributed by atoms with Crippen LogP contribution < -0.4 is 10.5 Å². The van der Waals surface area contributed by atoms with Crippen molar-refractivity contribution in [1.82, 2.24) is 9.97 Å². The maximum absolute atomic E-state index is 6.04. The Morgan fingerprint density at radius 3 is 2.76 bits per heavy atom. The van der Waals surface area contributed by atoms with Crippen LogP contribution in [0, 0.1) is 0 Å². The minimum absolute atomic E-state index is 0.261. The fraction of sp³-hybridized carbons (Fsp3) is 0.0909. The Kier molecular flexibility index (Phi) is 3.93. The standard InChI is InChI=1S/C11H9BrClN3O/c12-7-1-2-10(8(13)5-7)17-11-9(6-14)15-3-4-16-11/h1-5H,6,14H2. The lowest BCUT2D eigenvalue weighted by Gasteiger charge is -2.09. The van der Waals surface area contributed by atoms with E-state index in [9.17, 15) is 0 Å². The van der Waals surface area contributed by atoms with Crippen molar-refractivity contribution in [3.63, 3.8) is 0 Å². The van der Waals surface area contributed by atoms with E-state index < -0.39 is 0 Å². The molecule has 0 aliphatic heterocycles. The van der Waals surface area contributed by atoms with E-state index in [0.717, 1.165) is 4.47 Å². The van der Waals surface area contributed by atoms with Crippen LogP contribution >= 0.6 is 27.5 Å². The highest BCUT2D eigenvalue weighted by Gasteiger charge is 2.08. The van der Waals surface area contributed by atoms with E-state index in [-0.39, 0.29) is 6.54 Å². The number of halogens is 2. The minimum Gasteiger partial charge on any atom is -0.436 e. The van der Waals surface area contributed by atoms with Crippen molar-refractivity contribution >= 4 is 27.5 Å². The summed E-state index contributed by atoms with van der Waals surface area (Å²) in [6.45, 7) is 0.261. The molecule has 0 amide bonds. The first-order valence-corrected chi connectivity index (χ1v) is 6.00. The molecule has 2 rings (SSSR count). The van der Waals surface area contributed by atoms with E-state index in [1.54, 1.807) is 24.5 Å². The lowest BCUT2D eigenvalue weighted by Crippen LogP contribution is -2.03. The lowest BCUT2D eigenvalue weighted by molar-refractivity contribution is 0.452. The average molecular weight is 315 g/mol. The van der Waals surface area contributed by atoms with Crippen LogP contribution in [0.4, 0.5) is 0 Å². The molecular formula is C11H9BrClN3O. The van der Waals surface area contributed by atoms with Crippen LogP contribution in [0.3, 0.4) is 0 Å². The molecule has 4 nitrogen and oxygen atoms in total. The topological polar surface area (TPSA) is 61.0 Å². The summed E-state index contributed by atoms with van der Waals surface area (Å²) in [6, 6.07) is 5.33. The Morgan fingerprint density at radius 2 is 2.06 bits per heavy atom. The zero-order valence-corrected chi connectivity index (χ0v) is 11.1. The zero-order chi connectivity index (χ0) is 12.3. The molecule has 0 spiro atoms. The summed E-state index contributed by atoms with van der Waals surface area (Å²) in [5, 5.41) is 0.494. The summed E-state index contributed by atoms with van der Waals surface area (Å²) in [5.41, 5.74) is 6.13. The largest absolute Gasteiger partial charge is 0.436 e. The van der Waals surface area contributed by atoms with Gasteiger partial charge in [-0.2, -0.15) is 0 Å². The molecule has 2 aromatic rings. The maximum Gasteiger partial charge on any atom is 0.242 e. The second-order valence-corrected chi connectivity index (χ2v) is 4.51. The predicted octanol–water partition coefficient (Wildman–Crippen LogP) is 3.14. The molecule has 0 bridgehead atoms. The number of nitrogens with two attached hydrogens (primary N) is 1. The van der Waals surface area contributed by atoms with Gasteiger partial charge in [0.2, 0.25) is 5.88 Å². The maximum atomic E-state index is 6.04. The van der Waals surface area contributed by atoms with Gasteiger partial charge in [0.25, 0.3) is 0 Å². The molecule has 1 heterocycles. The fourth-order valence-corrected chi connectivity index (χ4v) is 1.95. The number of nitrogens with zero attached hydrogens (tertiary/aromatic N) is 2. The SMILES string of the molecule is NCc1nccnc1Oc1ccc(Br)cc1Cl. The Bertz CT molecular complexity index is 536. The Hall–Kier alpha value is -1.17. The molecule has 1 aromatic heterocycles. The number of hydrogen-bond donors (Lipinski definition) is 1. The van der Waals surface area contributed by atoms with Gasteiger partial charge in [0.05, 0.1) is 5.02 Å². The summed E-state index contributed by atoms with van der Waals surface area (Å²) >= 11 is 9.36. The number of aromatic nitrogens is 2. The molecule has 88 valence electrons. The van der Waals surface area contributed by atoms with Crippen molar-refractivity contribution in [3.05, 3.63) is 45.8 Å². The minimum atomic E-state index is 0.261. The molecular weight excluding hydrogens is 305 g/mol.